The zero-order valence-electron chi connectivity index (χ0n) is 6.47. The number of fused-ring (bicyclic) bond motifs is 1. The van der Waals surface area contributed by atoms with Crippen molar-refractivity contribution in [1.82, 2.24) is 9.78 Å². The second-order valence-corrected chi connectivity index (χ2v) is 2.64. The summed E-state index contributed by atoms with van der Waals surface area (Å²) >= 11 is 0. The molecule has 0 saturated carbocycles. The monoisotopic (exact) mass is 189 g/mol. The lowest BCUT2D eigenvalue weighted by Crippen LogP contribution is -2.09. The second kappa shape index (κ2) is 2.51. The molecule has 2 rings (SSSR count). The van der Waals surface area contributed by atoms with Gasteiger partial charge in [-0.25, -0.2) is 4.68 Å². The van der Waals surface area contributed by atoms with Crippen LogP contribution in [0, 0.1) is 0 Å². The predicted octanol–water partition coefficient (Wildman–Crippen LogP) is 1.84. The molecule has 0 unspecified atom stereocenters. The Hall–Kier alpha value is -1.46. The van der Waals surface area contributed by atoms with Crippen molar-refractivity contribution >= 4 is 5.82 Å². The van der Waals surface area contributed by atoms with Gasteiger partial charge < -0.3 is 5.32 Å². The van der Waals surface area contributed by atoms with Crippen molar-refractivity contribution in [2.75, 3.05) is 5.32 Å². The number of nitrogens with zero attached hydrogens (tertiary/aromatic N) is 2. The summed E-state index contributed by atoms with van der Waals surface area (Å²) in [6.07, 6.45) is -1.08. The molecule has 1 aromatic heterocycles. The Morgan fingerprint density at radius 3 is 2.85 bits per heavy atom. The lowest BCUT2D eigenvalue weighted by molar-refractivity contribution is -0.141. The van der Waals surface area contributed by atoms with Crippen LogP contribution in [0.25, 0.3) is 0 Å². The van der Waals surface area contributed by atoms with Crippen LogP contribution >= 0.6 is 0 Å². The van der Waals surface area contributed by atoms with Crippen LogP contribution in [0.1, 0.15) is 5.69 Å². The molecule has 0 aliphatic carbocycles. The van der Waals surface area contributed by atoms with Crippen LogP contribution in [-0.4, -0.2) is 9.78 Å². The quantitative estimate of drug-likeness (QED) is 0.674. The minimum Gasteiger partial charge on any atom is -0.347 e. The summed E-state index contributed by atoms with van der Waals surface area (Å²) < 4.78 is 37.7. The van der Waals surface area contributed by atoms with Gasteiger partial charge in [0.15, 0.2) is 5.69 Å². The van der Waals surface area contributed by atoms with E-state index in [0.29, 0.717) is 12.4 Å². The average Bonchev–Trinajstić information content (AvgIpc) is 2.45. The summed E-state index contributed by atoms with van der Waals surface area (Å²) in [4.78, 5) is 0. The number of anilines is 1. The molecule has 13 heavy (non-hydrogen) atoms. The van der Waals surface area contributed by atoms with Gasteiger partial charge in [-0.2, -0.15) is 18.3 Å². The number of alkyl halides is 3. The minimum absolute atomic E-state index is 0.370. The zero-order valence-corrected chi connectivity index (χ0v) is 6.47. The molecule has 1 aliphatic heterocycles. The van der Waals surface area contributed by atoms with Crippen molar-refractivity contribution in [1.29, 1.82) is 0 Å². The number of rotatable bonds is 0. The summed E-state index contributed by atoms with van der Waals surface area (Å²) in [6, 6.07) is 0.990. The Bertz CT molecular complexity index is 325. The summed E-state index contributed by atoms with van der Waals surface area (Å²) in [5.74, 6) is 0.370. The Morgan fingerprint density at radius 2 is 2.23 bits per heavy atom. The molecule has 0 saturated heterocycles. The highest BCUT2D eigenvalue weighted by atomic mass is 19.4. The molecule has 1 N–H and O–H groups in total. The topological polar surface area (TPSA) is 29.9 Å². The van der Waals surface area contributed by atoms with E-state index in [4.69, 9.17) is 0 Å². The Balaban J connectivity index is 2.38. The normalized spacial score (nSPS) is 15.3. The van der Waals surface area contributed by atoms with Gasteiger partial charge in [0.25, 0.3) is 0 Å². The fraction of sp³-hybridized carbons (Fsp3) is 0.286. The highest BCUT2D eigenvalue weighted by Crippen LogP contribution is 2.30. The zero-order chi connectivity index (χ0) is 9.47. The maximum atomic E-state index is 12.2. The Labute approximate surface area is 71.8 Å². The van der Waals surface area contributed by atoms with Crippen LogP contribution in [0.4, 0.5) is 19.0 Å². The highest BCUT2D eigenvalue weighted by Gasteiger charge is 2.34. The van der Waals surface area contributed by atoms with Gasteiger partial charge in [0.1, 0.15) is 5.82 Å². The van der Waals surface area contributed by atoms with Crippen LogP contribution in [0.3, 0.4) is 0 Å². The number of aromatic nitrogens is 2. The van der Waals surface area contributed by atoms with Crippen LogP contribution in [-0.2, 0) is 12.7 Å². The molecule has 70 valence electrons. The first kappa shape index (κ1) is 8.15. The minimum atomic E-state index is -4.37. The summed E-state index contributed by atoms with van der Waals surface area (Å²) in [5, 5.41) is 6.07. The molecule has 0 amide bonds. The van der Waals surface area contributed by atoms with Crippen molar-refractivity contribution in [3.63, 3.8) is 0 Å². The van der Waals surface area contributed by atoms with Gasteiger partial charge in [0.05, 0.1) is 6.54 Å². The maximum Gasteiger partial charge on any atom is 0.435 e. The molecule has 0 fully saturated rings. The van der Waals surface area contributed by atoms with Crippen molar-refractivity contribution in [2.24, 2.45) is 0 Å². The molecule has 1 aromatic rings. The lowest BCUT2D eigenvalue weighted by atomic mass is 10.4. The SMILES string of the molecule is FC(F)(F)c1cc2n(n1)CC=CN2. The first-order chi connectivity index (χ1) is 6.07. The molecule has 0 atom stereocenters. The van der Waals surface area contributed by atoms with E-state index in [9.17, 15) is 13.2 Å². The smallest absolute Gasteiger partial charge is 0.347 e. The van der Waals surface area contributed by atoms with E-state index in [1.54, 1.807) is 12.3 Å². The van der Waals surface area contributed by atoms with E-state index in [1.165, 1.54) is 4.68 Å². The summed E-state index contributed by atoms with van der Waals surface area (Å²) in [5.41, 5.74) is -0.862. The van der Waals surface area contributed by atoms with E-state index in [-0.39, 0.29) is 0 Å². The summed E-state index contributed by atoms with van der Waals surface area (Å²) in [7, 11) is 0. The predicted molar refractivity (Wildman–Crippen MR) is 40.0 cm³/mol. The van der Waals surface area contributed by atoms with Gasteiger partial charge >= 0.3 is 6.18 Å². The molecule has 6 heteroatoms. The Kier molecular flexibility index (Phi) is 1.58. The molecule has 0 aromatic carbocycles. The fourth-order valence-electron chi connectivity index (χ4n) is 1.11. The molecule has 1 aliphatic rings. The van der Waals surface area contributed by atoms with Crippen LogP contribution in [0.2, 0.25) is 0 Å². The number of hydrogen-bond donors (Lipinski definition) is 1. The Morgan fingerprint density at radius 1 is 1.46 bits per heavy atom. The average molecular weight is 189 g/mol. The van der Waals surface area contributed by atoms with Crippen molar-refractivity contribution < 1.29 is 13.2 Å². The highest BCUT2D eigenvalue weighted by molar-refractivity contribution is 5.42. The van der Waals surface area contributed by atoms with Gasteiger partial charge in [-0.05, 0) is 6.08 Å². The molecule has 0 spiro atoms. The van der Waals surface area contributed by atoms with E-state index >= 15 is 0 Å². The fourth-order valence-corrected chi connectivity index (χ4v) is 1.11. The number of nitrogens with one attached hydrogen (secondary N) is 1. The third-order valence-corrected chi connectivity index (χ3v) is 1.70. The lowest BCUT2D eigenvalue weighted by Gasteiger charge is -2.08. The summed E-state index contributed by atoms with van der Waals surface area (Å²) in [6.45, 7) is 0.373. The van der Waals surface area contributed by atoms with Crippen LogP contribution < -0.4 is 5.32 Å². The van der Waals surface area contributed by atoms with Gasteiger partial charge in [-0.1, -0.05) is 0 Å². The number of allylic oxidation sites excluding steroid dienone is 1. The molecule has 0 bridgehead atoms. The van der Waals surface area contributed by atoms with Gasteiger partial charge in [-0.3, -0.25) is 0 Å². The van der Waals surface area contributed by atoms with Gasteiger partial charge in [0, 0.05) is 12.3 Å². The van der Waals surface area contributed by atoms with E-state index < -0.39 is 11.9 Å². The maximum absolute atomic E-state index is 12.2. The number of hydrogen-bond acceptors (Lipinski definition) is 2. The third-order valence-electron chi connectivity index (χ3n) is 1.70. The van der Waals surface area contributed by atoms with Crippen molar-refractivity contribution in [3.8, 4) is 0 Å². The van der Waals surface area contributed by atoms with Crippen LogP contribution in [0.5, 0.6) is 0 Å². The molecule has 2 heterocycles. The first-order valence-electron chi connectivity index (χ1n) is 3.64. The van der Waals surface area contributed by atoms with E-state index in [2.05, 4.69) is 10.4 Å². The molecular formula is C7H6F3N3. The van der Waals surface area contributed by atoms with Gasteiger partial charge in [-0.15, -0.1) is 0 Å². The van der Waals surface area contributed by atoms with Crippen molar-refractivity contribution in [3.05, 3.63) is 24.0 Å². The van der Waals surface area contributed by atoms with Crippen LogP contribution in [0.15, 0.2) is 18.3 Å². The molecule has 3 nitrogen and oxygen atoms in total. The number of halogens is 3. The third kappa shape index (κ3) is 1.39. The first-order valence-corrected chi connectivity index (χ1v) is 3.64. The second-order valence-electron chi connectivity index (χ2n) is 2.64. The van der Waals surface area contributed by atoms with Gasteiger partial charge in [0.2, 0.25) is 0 Å². The standard InChI is InChI=1S/C7H6F3N3/c8-7(9,10)5-4-6-11-2-1-3-13(6)12-5/h1-2,4,11H,3H2. The molecular weight excluding hydrogens is 183 g/mol. The van der Waals surface area contributed by atoms with E-state index in [0.717, 1.165) is 6.07 Å². The van der Waals surface area contributed by atoms with E-state index in [1.807, 2.05) is 0 Å². The van der Waals surface area contributed by atoms with Crippen molar-refractivity contribution in [2.45, 2.75) is 12.7 Å². The largest absolute Gasteiger partial charge is 0.435 e. The molecule has 0 radical (unpaired) electrons.